The topological polar surface area (TPSA) is 60.7 Å². The van der Waals surface area contributed by atoms with Gasteiger partial charge in [0, 0.05) is 36.4 Å². The monoisotopic (exact) mass is 277 g/mol. The SMILES string of the molecule is CCOC(=O)Cc1coc2cc(NCCOC)ccc12. The molecule has 108 valence electrons. The second kappa shape index (κ2) is 6.96. The molecule has 0 bridgehead atoms. The summed E-state index contributed by atoms with van der Waals surface area (Å²) < 4.78 is 15.4. The van der Waals surface area contributed by atoms with Gasteiger partial charge in [-0.3, -0.25) is 4.79 Å². The molecular formula is C15H19NO4. The molecule has 1 aromatic carbocycles. The molecule has 2 aromatic rings. The fourth-order valence-electron chi connectivity index (χ4n) is 2.00. The van der Waals surface area contributed by atoms with Crippen LogP contribution >= 0.6 is 0 Å². The van der Waals surface area contributed by atoms with Crippen LogP contribution in [0.2, 0.25) is 0 Å². The standard InChI is InChI=1S/C15H19NO4/c1-3-19-15(17)8-11-10-20-14-9-12(4-5-13(11)14)16-6-7-18-2/h4-5,9-10,16H,3,6-8H2,1-2H3. The number of esters is 1. The minimum absolute atomic E-state index is 0.233. The Bertz CT molecular complexity index is 576. The number of hydrogen-bond donors (Lipinski definition) is 1. The fourth-order valence-corrected chi connectivity index (χ4v) is 2.00. The van der Waals surface area contributed by atoms with Crippen molar-refractivity contribution >= 4 is 22.6 Å². The molecule has 0 amide bonds. The summed E-state index contributed by atoms with van der Waals surface area (Å²) in [6.07, 6.45) is 1.85. The first kappa shape index (κ1) is 14.4. The predicted molar refractivity (Wildman–Crippen MR) is 76.9 cm³/mol. The number of methoxy groups -OCH3 is 1. The summed E-state index contributed by atoms with van der Waals surface area (Å²) in [5.74, 6) is -0.238. The Hall–Kier alpha value is -2.01. The van der Waals surface area contributed by atoms with Crippen molar-refractivity contribution in [2.24, 2.45) is 0 Å². The molecule has 0 aliphatic rings. The van der Waals surface area contributed by atoms with E-state index >= 15 is 0 Å². The van der Waals surface area contributed by atoms with E-state index in [9.17, 15) is 4.79 Å². The minimum Gasteiger partial charge on any atom is -0.466 e. The van der Waals surface area contributed by atoms with E-state index in [1.54, 1.807) is 20.3 Å². The summed E-state index contributed by atoms with van der Waals surface area (Å²) in [6, 6.07) is 5.82. The van der Waals surface area contributed by atoms with Gasteiger partial charge in [-0.05, 0) is 19.1 Å². The number of benzene rings is 1. The van der Waals surface area contributed by atoms with Gasteiger partial charge in [-0.1, -0.05) is 0 Å². The largest absolute Gasteiger partial charge is 0.466 e. The fraction of sp³-hybridized carbons (Fsp3) is 0.400. The van der Waals surface area contributed by atoms with E-state index in [4.69, 9.17) is 13.9 Å². The highest BCUT2D eigenvalue weighted by Crippen LogP contribution is 2.25. The van der Waals surface area contributed by atoms with Crippen LogP contribution in [0.15, 0.2) is 28.9 Å². The molecule has 2 rings (SSSR count). The molecule has 1 heterocycles. The highest BCUT2D eigenvalue weighted by molar-refractivity contribution is 5.87. The number of rotatable bonds is 7. The molecular weight excluding hydrogens is 258 g/mol. The summed E-state index contributed by atoms with van der Waals surface area (Å²) in [5, 5.41) is 4.17. The van der Waals surface area contributed by atoms with E-state index in [1.807, 2.05) is 18.2 Å². The molecule has 0 unspecified atom stereocenters. The third-order valence-electron chi connectivity index (χ3n) is 2.93. The smallest absolute Gasteiger partial charge is 0.310 e. The van der Waals surface area contributed by atoms with Crippen LogP contribution in [0.25, 0.3) is 11.0 Å². The second-order valence-corrected chi connectivity index (χ2v) is 4.37. The zero-order chi connectivity index (χ0) is 14.4. The highest BCUT2D eigenvalue weighted by atomic mass is 16.5. The van der Waals surface area contributed by atoms with Crippen LogP contribution in [-0.4, -0.2) is 32.8 Å². The van der Waals surface area contributed by atoms with Gasteiger partial charge in [-0.2, -0.15) is 0 Å². The van der Waals surface area contributed by atoms with Crippen LogP contribution in [0.4, 0.5) is 5.69 Å². The third kappa shape index (κ3) is 3.51. The van der Waals surface area contributed by atoms with Crippen LogP contribution < -0.4 is 5.32 Å². The number of anilines is 1. The Morgan fingerprint density at radius 1 is 1.40 bits per heavy atom. The van der Waals surface area contributed by atoms with Crippen molar-refractivity contribution in [1.29, 1.82) is 0 Å². The molecule has 0 fully saturated rings. The lowest BCUT2D eigenvalue weighted by Crippen LogP contribution is -2.07. The van der Waals surface area contributed by atoms with Crippen molar-refractivity contribution in [3.8, 4) is 0 Å². The molecule has 1 N–H and O–H groups in total. The molecule has 20 heavy (non-hydrogen) atoms. The van der Waals surface area contributed by atoms with Gasteiger partial charge in [0.25, 0.3) is 0 Å². The first-order chi connectivity index (χ1) is 9.74. The quantitative estimate of drug-likeness (QED) is 0.622. The van der Waals surface area contributed by atoms with E-state index in [2.05, 4.69) is 5.32 Å². The van der Waals surface area contributed by atoms with Crippen LogP contribution in [-0.2, 0) is 20.7 Å². The van der Waals surface area contributed by atoms with Crippen molar-refractivity contribution in [2.75, 3.05) is 32.2 Å². The molecule has 0 atom stereocenters. The number of furan rings is 1. The lowest BCUT2D eigenvalue weighted by Gasteiger charge is -2.05. The van der Waals surface area contributed by atoms with E-state index in [0.717, 1.165) is 28.8 Å². The maximum Gasteiger partial charge on any atom is 0.310 e. The summed E-state index contributed by atoms with van der Waals surface area (Å²) in [6.45, 7) is 3.56. The molecule has 0 radical (unpaired) electrons. The van der Waals surface area contributed by atoms with Gasteiger partial charge in [0.2, 0.25) is 0 Å². The predicted octanol–water partition coefficient (Wildman–Crippen LogP) is 2.60. The maximum atomic E-state index is 11.5. The van der Waals surface area contributed by atoms with E-state index in [1.165, 1.54) is 0 Å². The molecule has 5 heteroatoms. The van der Waals surface area contributed by atoms with E-state index in [-0.39, 0.29) is 12.4 Å². The van der Waals surface area contributed by atoms with Crippen LogP contribution in [0.1, 0.15) is 12.5 Å². The average Bonchev–Trinajstić information content (AvgIpc) is 2.82. The number of fused-ring (bicyclic) bond motifs is 1. The molecule has 0 aliphatic heterocycles. The molecule has 0 saturated carbocycles. The molecule has 0 aliphatic carbocycles. The number of ether oxygens (including phenoxy) is 2. The summed E-state index contributed by atoms with van der Waals surface area (Å²) in [7, 11) is 1.67. The van der Waals surface area contributed by atoms with Crippen molar-refractivity contribution in [2.45, 2.75) is 13.3 Å². The summed E-state index contributed by atoms with van der Waals surface area (Å²) >= 11 is 0. The Morgan fingerprint density at radius 3 is 3.00 bits per heavy atom. The van der Waals surface area contributed by atoms with Gasteiger partial charge >= 0.3 is 5.97 Å². The van der Waals surface area contributed by atoms with Gasteiger partial charge in [-0.25, -0.2) is 0 Å². The van der Waals surface area contributed by atoms with Crippen LogP contribution in [0, 0.1) is 0 Å². The Kier molecular flexibility index (Phi) is 5.01. The van der Waals surface area contributed by atoms with Crippen molar-refractivity contribution in [3.05, 3.63) is 30.0 Å². The number of hydrogen-bond acceptors (Lipinski definition) is 5. The minimum atomic E-state index is -0.238. The van der Waals surface area contributed by atoms with Gasteiger partial charge in [0.05, 0.1) is 25.9 Å². The average molecular weight is 277 g/mol. The Labute approximate surface area is 117 Å². The first-order valence-electron chi connectivity index (χ1n) is 6.63. The molecule has 5 nitrogen and oxygen atoms in total. The van der Waals surface area contributed by atoms with Crippen molar-refractivity contribution < 1.29 is 18.7 Å². The number of carbonyl (C=O) groups is 1. The lowest BCUT2D eigenvalue weighted by molar-refractivity contribution is -0.142. The number of nitrogens with one attached hydrogen (secondary N) is 1. The summed E-state index contributed by atoms with van der Waals surface area (Å²) in [4.78, 5) is 11.5. The lowest BCUT2D eigenvalue weighted by atomic mass is 10.1. The first-order valence-corrected chi connectivity index (χ1v) is 6.63. The maximum absolute atomic E-state index is 11.5. The van der Waals surface area contributed by atoms with Crippen LogP contribution in [0.5, 0.6) is 0 Å². The number of carbonyl (C=O) groups excluding carboxylic acids is 1. The van der Waals surface area contributed by atoms with Crippen LogP contribution in [0.3, 0.4) is 0 Å². The van der Waals surface area contributed by atoms with Crippen molar-refractivity contribution in [1.82, 2.24) is 0 Å². The van der Waals surface area contributed by atoms with Gasteiger partial charge in [0.15, 0.2) is 0 Å². The normalized spacial score (nSPS) is 10.7. The van der Waals surface area contributed by atoms with Crippen molar-refractivity contribution in [3.63, 3.8) is 0 Å². The second-order valence-electron chi connectivity index (χ2n) is 4.37. The molecule has 0 spiro atoms. The third-order valence-corrected chi connectivity index (χ3v) is 2.93. The molecule has 1 aromatic heterocycles. The van der Waals surface area contributed by atoms with E-state index < -0.39 is 0 Å². The zero-order valence-corrected chi connectivity index (χ0v) is 11.8. The van der Waals surface area contributed by atoms with Gasteiger partial charge in [0.1, 0.15) is 5.58 Å². The highest BCUT2D eigenvalue weighted by Gasteiger charge is 2.11. The van der Waals surface area contributed by atoms with Gasteiger partial charge < -0.3 is 19.2 Å². The summed E-state index contributed by atoms with van der Waals surface area (Å²) in [5.41, 5.74) is 2.57. The van der Waals surface area contributed by atoms with E-state index in [0.29, 0.717) is 13.2 Å². The van der Waals surface area contributed by atoms with Gasteiger partial charge in [-0.15, -0.1) is 0 Å². The zero-order valence-electron chi connectivity index (χ0n) is 11.8. The Morgan fingerprint density at radius 2 is 2.25 bits per heavy atom. The molecule has 0 saturated heterocycles. The Balaban J connectivity index is 2.10.